The molecule has 0 unspecified atom stereocenters. The standard InChI is InChI=1S/C11H14N4OS2/c1-14(2)10-12-13-11(18-10)17-7-9(16)8-4-5-15(3)6-8/h4-6H,7H2,1-3H3. The third-order valence-electron chi connectivity index (χ3n) is 2.26. The lowest BCUT2D eigenvalue weighted by atomic mass is 10.2. The van der Waals surface area contributed by atoms with Gasteiger partial charge in [0, 0.05) is 39.1 Å². The fourth-order valence-corrected chi connectivity index (χ4v) is 2.98. The minimum Gasteiger partial charge on any atom is -0.357 e. The third-order valence-corrected chi connectivity index (χ3v) is 4.48. The molecule has 96 valence electrons. The van der Waals surface area contributed by atoms with Gasteiger partial charge in [-0.15, -0.1) is 10.2 Å². The van der Waals surface area contributed by atoms with Gasteiger partial charge in [0.15, 0.2) is 10.1 Å². The number of nitrogens with zero attached hydrogens (tertiary/aromatic N) is 4. The second kappa shape index (κ2) is 5.53. The first-order chi connectivity index (χ1) is 8.56. The highest BCUT2D eigenvalue weighted by Crippen LogP contribution is 2.27. The normalized spacial score (nSPS) is 10.6. The van der Waals surface area contributed by atoms with E-state index >= 15 is 0 Å². The van der Waals surface area contributed by atoms with Crippen LogP contribution < -0.4 is 4.90 Å². The fraction of sp³-hybridized carbons (Fsp3) is 0.364. The lowest BCUT2D eigenvalue weighted by Crippen LogP contribution is -2.07. The van der Waals surface area contributed by atoms with E-state index in [1.54, 1.807) is 0 Å². The van der Waals surface area contributed by atoms with Gasteiger partial charge < -0.3 is 9.47 Å². The number of carbonyl (C=O) groups is 1. The Balaban J connectivity index is 1.93. The van der Waals surface area contributed by atoms with Crippen molar-refractivity contribution in [2.45, 2.75) is 4.34 Å². The van der Waals surface area contributed by atoms with E-state index < -0.39 is 0 Å². The zero-order valence-corrected chi connectivity index (χ0v) is 12.1. The van der Waals surface area contributed by atoms with Crippen LogP contribution in [0.4, 0.5) is 5.13 Å². The molecule has 0 saturated heterocycles. The summed E-state index contributed by atoms with van der Waals surface area (Å²) in [5.41, 5.74) is 0.738. The molecule has 0 aromatic carbocycles. The van der Waals surface area contributed by atoms with Crippen molar-refractivity contribution in [3.8, 4) is 0 Å². The minimum absolute atomic E-state index is 0.113. The van der Waals surface area contributed by atoms with Crippen molar-refractivity contribution in [3.05, 3.63) is 24.0 Å². The third kappa shape index (κ3) is 3.11. The highest BCUT2D eigenvalue weighted by atomic mass is 32.2. The van der Waals surface area contributed by atoms with Gasteiger partial charge in [0.05, 0.1) is 5.75 Å². The predicted octanol–water partition coefficient (Wildman–Crippen LogP) is 1.92. The second-order valence-corrected chi connectivity index (χ2v) is 6.20. The summed E-state index contributed by atoms with van der Waals surface area (Å²) in [5, 5.41) is 8.92. The first-order valence-electron chi connectivity index (χ1n) is 5.35. The van der Waals surface area contributed by atoms with E-state index in [1.807, 2.05) is 49.1 Å². The fourth-order valence-electron chi connectivity index (χ4n) is 1.32. The maximum Gasteiger partial charge on any atom is 0.208 e. The Morgan fingerprint density at radius 3 is 2.83 bits per heavy atom. The van der Waals surface area contributed by atoms with E-state index in [4.69, 9.17) is 0 Å². The van der Waals surface area contributed by atoms with Crippen LogP contribution >= 0.6 is 23.1 Å². The van der Waals surface area contributed by atoms with Crippen LogP contribution in [0.15, 0.2) is 22.8 Å². The number of aryl methyl sites for hydroxylation is 1. The quantitative estimate of drug-likeness (QED) is 0.619. The monoisotopic (exact) mass is 282 g/mol. The van der Waals surface area contributed by atoms with E-state index in [-0.39, 0.29) is 5.78 Å². The summed E-state index contributed by atoms with van der Waals surface area (Å²) in [7, 11) is 5.74. The number of thioether (sulfide) groups is 1. The second-order valence-electron chi connectivity index (χ2n) is 4.02. The van der Waals surface area contributed by atoms with Crippen LogP contribution in [0.1, 0.15) is 10.4 Å². The van der Waals surface area contributed by atoms with Crippen molar-refractivity contribution in [3.63, 3.8) is 0 Å². The summed E-state index contributed by atoms with van der Waals surface area (Å²) in [6, 6.07) is 1.83. The van der Waals surface area contributed by atoms with E-state index in [0.717, 1.165) is 15.0 Å². The Morgan fingerprint density at radius 2 is 2.28 bits per heavy atom. The van der Waals surface area contributed by atoms with Gasteiger partial charge in [0.25, 0.3) is 0 Å². The van der Waals surface area contributed by atoms with E-state index in [1.165, 1.54) is 23.1 Å². The Bertz CT molecular complexity index is 547. The van der Waals surface area contributed by atoms with Crippen molar-refractivity contribution in [2.24, 2.45) is 7.05 Å². The van der Waals surface area contributed by atoms with E-state index in [9.17, 15) is 4.79 Å². The molecule has 2 heterocycles. The molecule has 0 spiro atoms. The van der Waals surface area contributed by atoms with Crippen LogP contribution in [0.25, 0.3) is 0 Å². The van der Waals surface area contributed by atoms with Crippen LogP contribution in [0.3, 0.4) is 0 Å². The summed E-state index contributed by atoms with van der Waals surface area (Å²) in [5.74, 6) is 0.508. The molecule has 0 aliphatic rings. The smallest absolute Gasteiger partial charge is 0.208 e. The summed E-state index contributed by atoms with van der Waals surface area (Å²) in [6.07, 6.45) is 3.70. The van der Waals surface area contributed by atoms with Gasteiger partial charge in [-0.25, -0.2) is 0 Å². The molecule has 0 amide bonds. The Hall–Kier alpha value is -1.34. The zero-order chi connectivity index (χ0) is 13.1. The molecule has 0 atom stereocenters. The van der Waals surface area contributed by atoms with E-state index in [0.29, 0.717) is 5.75 Å². The van der Waals surface area contributed by atoms with Crippen molar-refractivity contribution in [1.82, 2.24) is 14.8 Å². The van der Waals surface area contributed by atoms with Crippen molar-refractivity contribution in [2.75, 3.05) is 24.7 Å². The van der Waals surface area contributed by atoms with Gasteiger partial charge in [0.1, 0.15) is 0 Å². The summed E-state index contributed by atoms with van der Waals surface area (Å²) in [6.45, 7) is 0. The SMILES string of the molecule is CN(C)c1nnc(SCC(=O)c2ccn(C)c2)s1. The molecule has 2 aromatic rings. The summed E-state index contributed by atoms with van der Waals surface area (Å²) in [4.78, 5) is 13.8. The number of hydrogen-bond donors (Lipinski definition) is 0. The minimum atomic E-state index is 0.113. The van der Waals surface area contributed by atoms with Crippen LogP contribution in [-0.4, -0.2) is 40.4 Å². The van der Waals surface area contributed by atoms with Crippen LogP contribution in [-0.2, 0) is 7.05 Å². The van der Waals surface area contributed by atoms with Crippen molar-refractivity contribution < 1.29 is 4.79 Å². The molecule has 0 saturated carbocycles. The van der Waals surface area contributed by atoms with Crippen molar-refractivity contribution >= 4 is 34.0 Å². The number of ketones is 1. The van der Waals surface area contributed by atoms with Crippen molar-refractivity contribution in [1.29, 1.82) is 0 Å². The highest BCUT2D eigenvalue weighted by molar-refractivity contribution is 8.01. The first-order valence-corrected chi connectivity index (χ1v) is 7.15. The molecule has 7 heteroatoms. The molecular weight excluding hydrogens is 268 g/mol. The highest BCUT2D eigenvalue weighted by Gasteiger charge is 2.11. The first kappa shape index (κ1) is 13.1. The van der Waals surface area contributed by atoms with Gasteiger partial charge in [-0.05, 0) is 6.07 Å². The average molecular weight is 282 g/mol. The molecule has 2 rings (SSSR count). The Labute approximate surface area is 114 Å². The molecule has 5 nitrogen and oxygen atoms in total. The van der Waals surface area contributed by atoms with Gasteiger partial charge >= 0.3 is 0 Å². The van der Waals surface area contributed by atoms with Gasteiger partial charge in [0.2, 0.25) is 5.13 Å². The number of rotatable bonds is 5. The number of anilines is 1. The summed E-state index contributed by atoms with van der Waals surface area (Å²) < 4.78 is 2.69. The number of Topliss-reactive ketones (excluding diaryl/α,β-unsaturated/α-hetero) is 1. The lowest BCUT2D eigenvalue weighted by Gasteiger charge is -2.03. The molecule has 0 N–H and O–H groups in total. The van der Waals surface area contributed by atoms with Crippen LogP contribution in [0.2, 0.25) is 0 Å². The molecule has 0 aliphatic heterocycles. The predicted molar refractivity (Wildman–Crippen MR) is 74.7 cm³/mol. The number of carbonyl (C=O) groups excluding carboxylic acids is 1. The molecule has 0 bridgehead atoms. The Kier molecular flexibility index (Phi) is 4.03. The molecule has 18 heavy (non-hydrogen) atoms. The maximum absolute atomic E-state index is 11.9. The number of aromatic nitrogens is 3. The van der Waals surface area contributed by atoms with Gasteiger partial charge in [-0.3, -0.25) is 4.79 Å². The zero-order valence-electron chi connectivity index (χ0n) is 10.5. The average Bonchev–Trinajstić information content (AvgIpc) is 2.94. The number of hydrogen-bond acceptors (Lipinski definition) is 6. The summed E-state index contributed by atoms with van der Waals surface area (Å²) >= 11 is 2.92. The van der Waals surface area contributed by atoms with Crippen LogP contribution in [0.5, 0.6) is 0 Å². The van der Waals surface area contributed by atoms with E-state index in [2.05, 4.69) is 10.2 Å². The maximum atomic E-state index is 11.9. The van der Waals surface area contributed by atoms with Gasteiger partial charge in [-0.2, -0.15) is 0 Å². The molecule has 0 aliphatic carbocycles. The van der Waals surface area contributed by atoms with Crippen LogP contribution in [0, 0.1) is 0 Å². The Morgan fingerprint density at radius 1 is 1.50 bits per heavy atom. The van der Waals surface area contributed by atoms with Gasteiger partial charge in [-0.1, -0.05) is 23.1 Å². The molecule has 0 radical (unpaired) electrons. The molecular formula is C11H14N4OS2. The molecule has 2 aromatic heterocycles. The topological polar surface area (TPSA) is 51.0 Å². The largest absolute Gasteiger partial charge is 0.357 e. The lowest BCUT2D eigenvalue weighted by molar-refractivity contribution is 0.102. The molecule has 0 fully saturated rings.